The summed E-state index contributed by atoms with van der Waals surface area (Å²) in [5, 5.41) is 11.8. The molecule has 146 valence electrons. The maximum atomic E-state index is 13.0. The molecule has 0 unspecified atom stereocenters. The number of nitro groups is 1. The van der Waals surface area contributed by atoms with Gasteiger partial charge in [-0.15, -0.1) is 0 Å². The summed E-state index contributed by atoms with van der Waals surface area (Å²) in [6.07, 6.45) is 7.08. The molecule has 5 rings (SSSR count). The Kier molecular flexibility index (Phi) is 3.82. The highest BCUT2D eigenvalue weighted by Crippen LogP contribution is 2.53. The molecule has 2 amide bonds. The molecule has 4 aliphatic rings. The Morgan fingerprint density at radius 2 is 1.79 bits per heavy atom. The number of carbonyl (C=O) groups excluding carboxylic acids is 2. The molecule has 5 atom stereocenters. The molecule has 1 saturated carbocycles. The minimum Gasteiger partial charge on any atom is -0.366 e. The number of nitro benzene ring substituents is 1. The van der Waals surface area contributed by atoms with Crippen LogP contribution in [-0.2, 0) is 9.59 Å². The molecule has 2 aliphatic heterocycles. The second-order valence-electron chi connectivity index (χ2n) is 8.64. The van der Waals surface area contributed by atoms with E-state index in [2.05, 4.69) is 6.92 Å². The summed E-state index contributed by atoms with van der Waals surface area (Å²) in [5.41, 5.74) is 0.857. The number of allylic oxidation sites excluding steroid dienone is 2. The molecule has 1 aromatic rings. The number of hydrogen-bond donors (Lipinski definition) is 0. The molecule has 2 saturated heterocycles. The number of nitrogens with zero attached hydrogens (tertiary/aromatic N) is 3. The van der Waals surface area contributed by atoms with Crippen molar-refractivity contribution in [3.05, 3.63) is 40.5 Å². The van der Waals surface area contributed by atoms with Gasteiger partial charge in [-0.1, -0.05) is 19.1 Å². The smallest absolute Gasteiger partial charge is 0.294 e. The number of amides is 2. The second-order valence-corrected chi connectivity index (χ2v) is 8.64. The Morgan fingerprint density at radius 1 is 1.11 bits per heavy atom. The van der Waals surface area contributed by atoms with Crippen molar-refractivity contribution in [2.24, 2.45) is 29.6 Å². The Bertz CT molecular complexity index is 881. The summed E-state index contributed by atoms with van der Waals surface area (Å²) in [7, 11) is 0. The number of anilines is 2. The fourth-order valence-electron chi connectivity index (χ4n) is 5.63. The third-order valence-corrected chi connectivity index (χ3v) is 6.88. The number of hydrogen-bond acceptors (Lipinski definition) is 5. The van der Waals surface area contributed by atoms with Gasteiger partial charge in [-0.3, -0.25) is 19.7 Å². The van der Waals surface area contributed by atoms with Crippen molar-refractivity contribution in [1.29, 1.82) is 0 Å². The zero-order valence-corrected chi connectivity index (χ0v) is 15.8. The van der Waals surface area contributed by atoms with E-state index in [9.17, 15) is 19.7 Å². The highest BCUT2D eigenvalue weighted by Gasteiger charge is 2.59. The Morgan fingerprint density at radius 3 is 2.39 bits per heavy atom. The van der Waals surface area contributed by atoms with Crippen molar-refractivity contribution in [2.75, 3.05) is 22.9 Å². The van der Waals surface area contributed by atoms with Crippen LogP contribution in [0.4, 0.5) is 17.1 Å². The van der Waals surface area contributed by atoms with Crippen molar-refractivity contribution in [2.45, 2.75) is 26.2 Å². The lowest BCUT2D eigenvalue weighted by Gasteiger charge is -2.32. The van der Waals surface area contributed by atoms with Gasteiger partial charge in [-0.05, 0) is 49.1 Å². The molecule has 0 radical (unpaired) electrons. The van der Waals surface area contributed by atoms with E-state index in [0.717, 1.165) is 32.4 Å². The lowest BCUT2D eigenvalue weighted by atomic mass is 9.85. The number of benzene rings is 1. The first-order valence-electron chi connectivity index (χ1n) is 10.0. The van der Waals surface area contributed by atoms with Gasteiger partial charge >= 0.3 is 0 Å². The maximum Gasteiger partial charge on any atom is 0.294 e. The predicted molar refractivity (Wildman–Crippen MR) is 104 cm³/mol. The third kappa shape index (κ3) is 2.41. The molecule has 7 heteroatoms. The monoisotopic (exact) mass is 381 g/mol. The summed E-state index contributed by atoms with van der Waals surface area (Å²) < 4.78 is 0. The van der Waals surface area contributed by atoms with Crippen molar-refractivity contribution in [3.63, 3.8) is 0 Å². The second kappa shape index (κ2) is 6.15. The predicted octanol–water partition coefficient (Wildman–Crippen LogP) is 3.14. The Hall–Kier alpha value is -2.70. The zero-order valence-electron chi connectivity index (χ0n) is 15.8. The van der Waals surface area contributed by atoms with Crippen molar-refractivity contribution in [3.8, 4) is 0 Å². The van der Waals surface area contributed by atoms with Gasteiger partial charge in [0.25, 0.3) is 5.69 Å². The van der Waals surface area contributed by atoms with Crippen molar-refractivity contribution >= 4 is 28.9 Å². The van der Waals surface area contributed by atoms with Gasteiger partial charge in [0.1, 0.15) is 5.69 Å². The average molecular weight is 381 g/mol. The first-order valence-corrected chi connectivity index (χ1v) is 10.0. The van der Waals surface area contributed by atoms with Crippen LogP contribution >= 0.6 is 0 Å². The van der Waals surface area contributed by atoms with E-state index in [1.165, 1.54) is 11.0 Å². The van der Waals surface area contributed by atoms with Crippen LogP contribution < -0.4 is 9.80 Å². The largest absolute Gasteiger partial charge is 0.366 e. The lowest BCUT2D eigenvalue weighted by Crippen LogP contribution is -2.35. The van der Waals surface area contributed by atoms with E-state index in [1.54, 1.807) is 12.1 Å². The molecule has 1 aromatic carbocycles. The van der Waals surface area contributed by atoms with E-state index < -0.39 is 4.92 Å². The molecule has 7 nitrogen and oxygen atoms in total. The van der Waals surface area contributed by atoms with Gasteiger partial charge in [-0.25, -0.2) is 4.90 Å². The van der Waals surface area contributed by atoms with Crippen LogP contribution in [0.5, 0.6) is 0 Å². The van der Waals surface area contributed by atoms with Crippen molar-refractivity contribution in [1.82, 2.24) is 0 Å². The summed E-state index contributed by atoms with van der Waals surface area (Å²) in [5.74, 6) is -0.285. The zero-order chi connectivity index (χ0) is 19.6. The first-order chi connectivity index (χ1) is 13.5. The van der Waals surface area contributed by atoms with Crippen LogP contribution in [0.15, 0.2) is 30.4 Å². The highest BCUT2D eigenvalue weighted by molar-refractivity contribution is 6.23. The van der Waals surface area contributed by atoms with E-state index in [1.807, 2.05) is 17.1 Å². The van der Waals surface area contributed by atoms with Crippen LogP contribution in [0.1, 0.15) is 26.2 Å². The molecule has 2 bridgehead atoms. The molecule has 0 aromatic heterocycles. The summed E-state index contributed by atoms with van der Waals surface area (Å²) >= 11 is 0. The quantitative estimate of drug-likeness (QED) is 0.348. The SMILES string of the molecule is C[C@@H]1CCCN(c2ccc(N3C(=O)[C@H]4[C@H](C3=O)[C@H]3C=C[C@H]4C3)cc2[N+](=O)[O-])C1. The van der Waals surface area contributed by atoms with Gasteiger partial charge < -0.3 is 4.90 Å². The molecule has 3 fully saturated rings. The number of piperidine rings is 1. The van der Waals surface area contributed by atoms with E-state index in [-0.39, 0.29) is 41.2 Å². The average Bonchev–Trinajstić information content (AvgIpc) is 3.35. The third-order valence-electron chi connectivity index (χ3n) is 6.88. The lowest BCUT2D eigenvalue weighted by molar-refractivity contribution is -0.384. The summed E-state index contributed by atoms with van der Waals surface area (Å²) in [4.78, 5) is 40.6. The Labute approximate surface area is 163 Å². The molecular formula is C21H23N3O4. The number of fused-ring (bicyclic) bond motifs is 5. The standard InChI is InChI=1S/C21H23N3O4/c1-12-3-2-8-22(11-12)16-7-6-15(10-17(16)24(27)28)23-20(25)18-13-4-5-14(9-13)19(18)21(23)26/h4-7,10,12-14,18-19H,2-3,8-9,11H2,1H3/t12-,13+,14+,18-,19-/m1/s1. The van der Waals surface area contributed by atoms with Gasteiger partial charge in [0.15, 0.2) is 0 Å². The molecule has 2 aliphatic carbocycles. The summed E-state index contributed by atoms with van der Waals surface area (Å²) in [6, 6.07) is 4.79. The minimum absolute atomic E-state index is 0.0367. The number of carbonyl (C=O) groups is 2. The normalized spacial score (nSPS) is 33.7. The summed E-state index contributed by atoms with van der Waals surface area (Å²) in [6.45, 7) is 3.71. The van der Waals surface area contributed by atoms with E-state index >= 15 is 0 Å². The van der Waals surface area contributed by atoms with E-state index in [4.69, 9.17) is 0 Å². The highest BCUT2D eigenvalue weighted by atomic mass is 16.6. The van der Waals surface area contributed by atoms with Gasteiger partial charge in [0, 0.05) is 19.2 Å². The molecule has 28 heavy (non-hydrogen) atoms. The molecule has 0 spiro atoms. The van der Waals surface area contributed by atoms with Crippen LogP contribution in [-0.4, -0.2) is 29.8 Å². The van der Waals surface area contributed by atoms with E-state index in [0.29, 0.717) is 17.3 Å². The van der Waals surface area contributed by atoms with Crippen LogP contribution in [0, 0.1) is 39.7 Å². The minimum atomic E-state index is -0.408. The van der Waals surface area contributed by atoms with Gasteiger partial charge in [-0.2, -0.15) is 0 Å². The molecule has 0 N–H and O–H groups in total. The fraction of sp³-hybridized carbons (Fsp3) is 0.524. The molecular weight excluding hydrogens is 358 g/mol. The van der Waals surface area contributed by atoms with Gasteiger partial charge in [0.05, 0.1) is 22.4 Å². The van der Waals surface area contributed by atoms with Gasteiger partial charge in [0.2, 0.25) is 11.8 Å². The van der Waals surface area contributed by atoms with Crippen LogP contribution in [0.25, 0.3) is 0 Å². The Balaban J connectivity index is 1.50. The number of rotatable bonds is 3. The molecule has 2 heterocycles. The van der Waals surface area contributed by atoms with Crippen LogP contribution in [0.3, 0.4) is 0 Å². The van der Waals surface area contributed by atoms with Crippen LogP contribution in [0.2, 0.25) is 0 Å². The fourth-order valence-corrected chi connectivity index (χ4v) is 5.63. The topological polar surface area (TPSA) is 83.8 Å². The number of imide groups is 1. The maximum absolute atomic E-state index is 13.0. The first kappa shape index (κ1) is 17.4. The van der Waals surface area contributed by atoms with Crippen molar-refractivity contribution < 1.29 is 14.5 Å².